The lowest BCUT2D eigenvalue weighted by Gasteiger charge is -2.09. The number of benzene rings is 1. The zero-order valence-corrected chi connectivity index (χ0v) is 10.9. The molecule has 0 radical (unpaired) electrons. The van der Waals surface area contributed by atoms with Crippen LogP contribution in [0.2, 0.25) is 0 Å². The highest BCUT2D eigenvalue weighted by atomic mass is 16.5. The van der Waals surface area contributed by atoms with Crippen LogP contribution in [0.1, 0.15) is 32.6 Å². The van der Waals surface area contributed by atoms with Gasteiger partial charge in [-0.25, -0.2) is 0 Å². The molecule has 1 heterocycles. The number of hydrogen-bond acceptors (Lipinski definition) is 3. The highest BCUT2D eigenvalue weighted by Gasteiger charge is 2.04. The van der Waals surface area contributed by atoms with E-state index < -0.39 is 0 Å². The lowest BCUT2D eigenvalue weighted by molar-refractivity contribution is 0.308. The van der Waals surface area contributed by atoms with Crippen LogP contribution in [0.5, 0.6) is 5.75 Å². The summed E-state index contributed by atoms with van der Waals surface area (Å²) in [6.45, 7) is 2.97. The third-order valence-electron chi connectivity index (χ3n) is 3.02. The quantitative estimate of drug-likeness (QED) is 0.621. The smallest absolute Gasteiger partial charge is 0.130 e. The molecule has 1 aromatic heterocycles. The van der Waals surface area contributed by atoms with Crippen LogP contribution in [0, 0.1) is 0 Å². The molecule has 0 unspecified atom stereocenters. The summed E-state index contributed by atoms with van der Waals surface area (Å²) in [5.74, 6) is 0.879. The summed E-state index contributed by atoms with van der Waals surface area (Å²) >= 11 is 0. The second-order valence-corrected chi connectivity index (χ2v) is 4.46. The van der Waals surface area contributed by atoms with Gasteiger partial charge in [0, 0.05) is 11.6 Å². The number of rotatable bonds is 6. The van der Waals surface area contributed by atoms with Crippen LogP contribution in [-0.2, 0) is 0 Å². The first kappa shape index (κ1) is 12.7. The van der Waals surface area contributed by atoms with Crippen LogP contribution in [0.25, 0.3) is 10.9 Å². The highest BCUT2D eigenvalue weighted by molar-refractivity contribution is 5.93. The second-order valence-electron chi connectivity index (χ2n) is 4.46. The highest BCUT2D eigenvalue weighted by Crippen LogP contribution is 2.27. The number of fused-ring (bicyclic) bond motifs is 1. The number of nitrogen functional groups attached to an aromatic ring is 1. The minimum atomic E-state index is 0.698. The fourth-order valence-corrected chi connectivity index (χ4v) is 2.01. The van der Waals surface area contributed by atoms with Crippen molar-refractivity contribution >= 4 is 16.6 Å². The van der Waals surface area contributed by atoms with Gasteiger partial charge in [-0.1, -0.05) is 32.3 Å². The van der Waals surface area contributed by atoms with E-state index in [0.29, 0.717) is 5.69 Å². The number of nitrogens with two attached hydrogens (primary N) is 1. The number of nitrogens with zero attached hydrogens (tertiary/aromatic N) is 1. The Morgan fingerprint density at radius 1 is 1.17 bits per heavy atom. The molecule has 18 heavy (non-hydrogen) atoms. The molecule has 0 atom stereocenters. The minimum absolute atomic E-state index is 0.698. The van der Waals surface area contributed by atoms with Crippen LogP contribution in [0.4, 0.5) is 5.69 Å². The topological polar surface area (TPSA) is 48.1 Å². The van der Waals surface area contributed by atoms with Gasteiger partial charge in [-0.3, -0.25) is 4.98 Å². The van der Waals surface area contributed by atoms with Crippen molar-refractivity contribution in [3.8, 4) is 5.75 Å². The molecule has 0 saturated carbocycles. The van der Waals surface area contributed by atoms with Gasteiger partial charge in [0.2, 0.25) is 0 Å². The molecule has 96 valence electrons. The van der Waals surface area contributed by atoms with Gasteiger partial charge in [0.05, 0.1) is 17.8 Å². The number of pyridine rings is 1. The van der Waals surface area contributed by atoms with Gasteiger partial charge >= 0.3 is 0 Å². The molecule has 0 bridgehead atoms. The largest absolute Gasteiger partial charge is 0.493 e. The van der Waals surface area contributed by atoms with Crippen LogP contribution in [0.15, 0.2) is 30.5 Å². The number of anilines is 1. The van der Waals surface area contributed by atoms with Gasteiger partial charge in [0.15, 0.2) is 0 Å². The lowest BCUT2D eigenvalue weighted by Crippen LogP contribution is -1.99. The summed E-state index contributed by atoms with van der Waals surface area (Å²) in [6, 6.07) is 7.70. The molecule has 3 heteroatoms. The Bertz CT molecular complexity index is 511. The van der Waals surface area contributed by atoms with E-state index in [1.54, 1.807) is 6.20 Å². The summed E-state index contributed by atoms with van der Waals surface area (Å²) < 4.78 is 5.83. The van der Waals surface area contributed by atoms with Crippen molar-refractivity contribution in [2.75, 3.05) is 12.3 Å². The molecule has 0 spiro atoms. The SMILES string of the molecule is CCCCCCOc1ccnc2c(N)cccc12. The maximum Gasteiger partial charge on any atom is 0.130 e. The van der Waals surface area contributed by atoms with Crippen molar-refractivity contribution in [2.24, 2.45) is 0 Å². The Morgan fingerprint density at radius 2 is 2.06 bits per heavy atom. The molecule has 3 nitrogen and oxygen atoms in total. The van der Waals surface area contributed by atoms with Gasteiger partial charge in [0.1, 0.15) is 5.75 Å². The van der Waals surface area contributed by atoms with Crippen molar-refractivity contribution in [1.29, 1.82) is 0 Å². The van der Waals surface area contributed by atoms with Gasteiger partial charge < -0.3 is 10.5 Å². The van der Waals surface area contributed by atoms with E-state index in [9.17, 15) is 0 Å². The van der Waals surface area contributed by atoms with E-state index in [1.807, 2.05) is 24.3 Å². The molecule has 1 aromatic carbocycles. The lowest BCUT2D eigenvalue weighted by atomic mass is 10.2. The summed E-state index contributed by atoms with van der Waals surface area (Å²) in [5.41, 5.74) is 7.42. The van der Waals surface area contributed by atoms with Crippen molar-refractivity contribution in [3.05, 3.63) is 30.5 Å². The number of unbranched alkanes of at least 4 members (excludes halogenated alkanes) is 3. The van der Waals surface area contributed by atoms with Crippen LogP contribution in [0.3, 0.4) is 0 Å². The molecule has 0 aliphatic rings. The van der Waals surface area contributed by atoms with E-state index in [1.165, 1.54) is 19.3 Å². The Hall–Kier alpha value is -1.77. The van der Waals surface area contributed by atoms with Crippen molar-refractivity contribution in [3.63, 3.8) is 0 Å². The van der Waals surface area contributed by atoms with Crippen molar-refractivity contribution in [1.82, 2.24) is 4.98 Å². The Morgan fingerprint density at radius 3 is 2.89 bits per heavy atom. The Labute approximate surface area is 108 Å². The number of aromatic nitrogens is 1. The molecule has 2 rings (SSSR count). The zero-order chi connectivity index (χ0) is 12.8. The minimum Gasteiger partial charge on any atom is -0.493 e. The van der Waals surface area contributed by atoms with E-state index in [4.69, 9.17) is 10.5 Å². The number of hydrogen-bond donors (Lipinski definition) is 1. The monoisotopic (exact) mass is 244 g/mol. The third-order valence-corrected chi connectivity index (χ3v) is 3.02. The van der Waals surface area contributed by atoms with Crippen LogP contribution < -0.4 is 10.5 Å². The fourth-order valence-electron chi connectivity index (χ4n) is 2.01. The van der Waals surface area contributed by atoms with Crippen LogP contribution in [-0.4, -0.2) is 11.6 Å². The summed E-state index contributed by atoms with van der Waals surface area (Å²) in [6.07, 6.45) is 6.59. The third kappa shape index (κ3) is 2.92. The first-order valence-corrected chi connectivity index (χ1v) is 6.59. The first-order chi connectivity index (χ1) is 8.83. The summed E-state index contributed by atoms with van der Waals surface area (Å²) in [7, 11) is 0. The van der Waals surface area contributed by atoms with Gasteiger partial charge in [-0.05, 0) is 24.6 Å². The second kappa shape index (κ2) is 6.24. The Balaban J connectivity index is 2.07. The zero-order valence-electron chi connectivity index (χ0n) is 10.9. The van der Waals surface area contributed by atoms with E-state index >= 15 is 0 Å². The molecule has 0 fully saturated rings. The predicted molar refractivity (Wildman–Crippen MR) is 75.8 cm³/mol. The van der Waals surface area contributed by atoms with E-state index in [-0.39, 0.29) is 0 Å². The Kier molecular flexibility index (Phi) is 4.40. The normalized spacial score (nSPS) is 10.7. The van der Waals surface area contributed by atoms with Crippen LogP contribution >= 0.6 is 0 Å². The molecule has 2 N–H and O–H groups in total. The molecule has 0 aliphatic carbocycles. The molecule has 0 amide bonds. The molecular formula is C15H20N2O. The average molecular weight is 244 g/mol. The molecule has 0 saturated heterocycles. The van der Waals surface area contributed by atoms with Gasteiger partial charge in [-0.2, -0.15) is 0 Å². The number of para-hydroxylation sites is 1. The maximum absolute atomic E-state index is 5.90. The summed E-state index contributed by atoms with van der Waals surface area (Å²) in [4.78, 5) is 4.29. The molecular weight excluding hydrogens is 224 g/mol. The van der Waals surface area contributed by atoms with Crippen molar-refractivity contribution < 1.29 is 4.74 Å². The first-order valence-electron chi connectivity index (χ1n) is 6.59. The van der Waals surface area contributed by atoms with E-state index in [0.717, 1.165) is 29.7 Å². The van der Waals surface area contributed by atoms with Gasteiger partial charge in [-0.15, -0.1) is 0 Å². The van der Waals surface area contributed by atoms with Crippen molar-refractivity contribution in [2.45, 2.75) is 32.6 Å². The number of ether oxygens (including phenoxy) is 1. The maximum atomic E-state index is 5.90. The molecule has 2 aromatic rings. The predicted octanol–water partition coefficient (Wildman–Crippen LogP) is 3.78. The van der Waals surface area contributed by atoms with Gasteiger partial charge in [0.25, 0.3) is 0 Å². The van der Waals surface area contributed by atoms with E-state index in [2.05, 4.69) is 11.9 Å². The average Bonchev–Trinajstić information content (AvgIpc) is 2.39. The fraction of sp³-hybridized carbons (Fsp3) is 0.400. The summed E-state index contributed by atoms with van der Waals surface area (Å²) in [5, 5.41) is 0.994. The standard InChI is InChI=1S/C15H20N2O/c1-2-3-4-5-11-18-14-9-10-17-15-12(14)7-6-8-13(15)16/h6-10H,2-5,11,16H2,1H3. The molecule has 0 aliphatic heterocycles.